The monoisotopic (exact) mass is 353 g/mol. The second-order valence-electron chi connectivity index (χ2n) is 6.00. The Bertz CT molecular complexity index is 829. The van der Waals surface area contributed by atoms with Crippen molar-refractivity contribution in [3.63, 3.8) is 0 Å². The van der Waals surface area contributed by atoms with Gasteiger partial charge in [0.25, 0.3) is 5.91 Å². The minimum absolute atomic E-state index is 0.0247. The van der Waals surface area contributed by atoms with Crippen LogP contribution in [0, 0.1) is 0 Å². The maximum absolute atomic E-state index is 12.8. The fourth-order valence-corrected chi connectivity index (χ4v) is 4.29. The number of furan rings is 1. The number of carbonyl (C=O) groups excluding carboxylic acids is 1. The van der Waals surface area contributed by atoms with Crippen LogP contribution in [0.25, 0.3) is 11.5 Å². The SMILES string of the molecule is O=C(c1cc(-c2ccco2)[nH]n1)N1CCSC(c2ccccc2)CC1. The van der Waals surface area contributed by atoms with Gasteiger partial charge in [0, 0.05) is 30.2 Å². The van der Waals surface area contributed by atoms with E-state index in [2.05, 4.69) is 34.5 Å². The van der Waals surface area contributed by atoms with Crippen molar-refractivity contribution in [3.8, 4) is 11.5 Å². The van der Waals surface area contributed by atoms with Crippen LogP contribution >= 0.6 is 11.8 Å². The second-order valence-corrected chi connectivity index (χ2v) is 7.31. The van der Waals surface area contributed by atoms with Crippen molar-refractivity contribution < 1.29 is 9.21 Å². The summed E-state index contributed by atoms with van der Waals surface area (Å²) < 4.78 is 5.34. The molecule has 1 atom stereocenters. The third-order valence-corrected chi connectivity index (χ3v) is 5.71. The molecule has 6 heteroatoms. The highest BCUT2D eigenvalue weighted by Crippen LogP contribution is 2.34. The average molecular weight is 353 g/mol. The number of nitrogens with zero attached hydrogens (tertiary/aromatic N) is 2. The van der Waals surface area contributed by atoms with Gasteiger partial charge >= 0.3 is 0 Å². The molecule has 0 spiro atoms. The number of aromatic amines is 1. The van der Waals surface area contributed by atoms with Crippen molar-refractivity contribution in [2.45, 2.75) is 11.7 Å². The topological polar surface area (TPSA) is 62.1 Å². The highest BCUT2D eigenvalue weighted by atomic mass is 32.2. The predicted octanol–water partition coefficient (Wildman–Crippen LogP) is 3.99. The summed E-state index contributed by atoms with van der Waals surface area (Å²) in [4.78, 5) is 14.7. The third kappa shape index (κ3) is 3.49. The molecular weight excluding hydrogens is 334 g/mol. The van der Waals surface area contributed by atoms with Gasteiger partial charge in [-0.15, -0.1) is 0 Å². The molecule has 1 unspecified atom stereocenters. The van der Waals surface area contributed by atoms with Crippen molar-refractivity contribution in [2.24, 2.45) is 0 Å². The number of rotatable bonds is 3. The lowest BCUT2D eigenvalue weighted by Crippen LogP contribution is -2.33. The zero-order valence-corrected chi connectivity index (χ0v) is 14.5. The maximum Gasteiger partial charge on any atom is 0.274 e. The summed E-state index contributed by atoms with van der Waals surface area (Å²) in [7, 11) is 0. The lowest BCUT2D eigenvalue weighted by molar-refractivity contribution is 0.0760. The third-order valence-electron chi connectivity index (χ3n) is 4.38. The Morgan fingerprint density at radius 1 is 1.20 bits per heavy atom. The van der Waals surface area contributed by atoms with Crippen LogP contribution in [0.15, 0.2) is 59.2 Å². The van der Waals surface area contributed by atoms with Crippen LogP contribution in [0.5, 0.6) is 0 Å². The maximum atomic E-state index is 12.8. The molecule has 1 saturated heterocycles. The summed E-state index contributed by atoms with van der Waals surface area (Å²) in [6.07, 6.45) is 2.56. The second kappa shape index (κ2) is 7.19. The number of hydrogen-bond donors (Lipinski definition) is 1. The number of hydrogen-bond acceptors (Lipinski definition) is 4. The van der Waals surface area contributed by atoms with Crippen LogP contribution in [-0.2, 0) is 0 Å². The first-order valence-electron chi connectivity index (χ1n) is 8.36. The van der Waals surface area contributed by atoms with Gasteiger partial charge in [-0.1, -0.05) is 30.3 Å². The van der Waals surface area contributed by atoms with Crippen LogP contribution in [0.2, 0.25) is 0 Å². The molecule has 1 amide bonds. The van der Waals surface area contributed by atoms with Crippen LogP contribution in [0.4, 0.5) is 0 Å². The smallest absolute Gasteiger partial charge is 0.274 e. The van der Waals surface area contributed by atoms with Gasteiger partial charge in [-0.3, -0.25) is 9.89 Å². The first-order chi connectivity index (χ1) is 12.3. The average Bonchev–Trinajstić information content (AvgIpc) is 3.29. The van der Waals surface area contributed by atoms with Crippen molar-refractivity contribution in [2.75, 3.05) is 18.8 Å². The summed E-state index contributed by atoms with van der Waals surface area (Å²) >= 11 is 1.92. The van der Waals surface area contributed by atoms with Gasteiger partial charge in [0.15, 0.2) is 11.5 Å². The van der Waals surface area contributed by atoms with Gasteiger partial charge in [0.05, 0.1) is 6.26 Å². The molecule has 1 aromatic carbocycles. The number of nitrogens with one attached hydrogen (secondary N) is 1. The summed E-state index contributed by atoms with van der Waals surface area (Å²) in [6, 6.07) is 15.9. The normalized spacial score (nSPS) is 18.1. The molecule has 3 heterocycles. The Morgan fingerprint density at radius 2 is 2.08 bits per heavy atom. The highest BCUT2D eigenvalue weighted by molar-refractivity contribution is 7.99. The number of aromatic nitrogens is 2. The van der Waals surface area contributed by atoms with E-state index < -0.39 is 0 Å². The minimum atomic E-state index is -0.0247. The Kier molecular flexibility index (Phi) is 4.61. The molecule has 1 aliphatic rings. The number of amides is 1. The molecule has 5 nitrogen and oxygen atoms in total. The van der Waals surface area contributed by atoms with Crippen LogP contribution < -0.4 is 0 Å². The van der Waals surface area contributed by atoms with Crippen LogP contribution in [0.1, 0.15) is 27.7 Å². The van der Waals surface area contributed by atoms with E-state index in [1.54, 1.807) is 12.3 Å². The summed E-state index contributed by atoms with van der Waals surface area (Å²) in [6.45, 7) is 1.49. The molecule has 0 radical (unpaired) electrons. The van der Waals surface area contributed by atoms with E-state index in [0.29, 0.717) is 16.7 Å². The predicted molar refractivity (Wildman–Crippen MR) is 98.5 cm³/mol. The molecule has 0 bridgehead atoms. The van der Waals surface area contributed by atoms with Crippen LogP contribution in [-0.4, -0.2) is 39.8 Å². The summed E-state index contributed by atoms with van der Waals surface area (Å²) in [5.41, 5.74) is 2.50. The Morgan fingerprint density at radius 3 is 2.88 bits per heavy atom. The molecule has 0 aliphatic carbocycles. The van der Waals surface area contributed by atoms with Crippen molar-refractivity contribution >= 4 is 17.7 Å². The Balaban J connectivity index is 1.44. The van der Waals surface area contributed by atoms with E-state index in [4.69, 9.17) is 4.42 Å². The number of thioether (sulfide) groups is 1. The lowest BCUT2D eigenvalue weighted by Gasteiger charge is -2.19. The molecule has 3 aromatic rings. The van der Waals surface area contributed by atoms with Gasteiger partial charge in [-0.05, 0) is 24.1 Å². The fourth-order valence-electron chi connectivity index (χ4n) is 3.06. The molecule has 0 saturated carbocycles. The molecule has 4 rings (SSSR count). The van der Waals surface area contributed by atoms with Gasteiger partial charge in [-0.2, -0.15) is 16.9 Å². The number of benzene rings is 1. The lowest BCUT2D eigenvalue weighted by atomic mass is 10.1. The number of carbonyl (C=O) groups is 1. The zero-order chi connectivity index (χ0) is 17.1. The molecular formula is C19H19N3O2S. The van der Waals surface area contributed by atoms with E-state index >= 15 is 0 Å². The van der Waals surface area contributed by atoms with Gasteiger partial charge in [0.2, 0.25) is 0 Å². The van der Waals surface area contributed by atoms with E-state index in [1.807, 2.05) is 34.9 Å². The van der Waals surface area contributed by atoms with Gasteiger partial charge < -0.3 is 9.32 Å². The van der Waals surface area contributed by atoms with E-state index in [0.717, 1.165) is 31.0 Å². The molecule has 2 aromatic heterocycles. The van der Waals surface area contributed by atoms with Crippen LogP contribution in [0.3, 0.4) is 0 Å². The quantitative estimate of drug-likeness (QED) is 0.773. The molecule has 1 aliphatic heterocycles. The Labute approximate surface area is 150 Å². The summed E-state index contributed by atoms with van der Waals surface area (Å²) in [5, 5.41) is 7.50. The van der Waals surface area contributed by atoms with Gasteiger partial charge in [-0.25, -0.2) is 0 Å². The summed E-state index contributed by atoms with van der Waals surface area (Å²) in [5.74, 6) is 1.59. The minimum Gasteiger partial charge on any atom is -0.463 e. The van der Waals surface area contributed by atoms with Crippen molar-refractivity contribution in [1.29, 1.82) is 0 Å². The van der Waals surface area contributed by atoms with E-state index in [1.165, 1.54) is 5.56 Å². The van der Waals surface area contributed by atoms with Crippen molar-refractivity contribution in [3.05, 3.63) is 66.1 Å². The molecule has 1 N–H and O–H groups in total. The molecule has 128 valence electrons. The first kappa shape index (κ1) is 16.0. The molecule has 1 fully saturated rings. The van der Waals surface area contributed by atoms with E-state index in [9.17, 15) is 4.79 Å². The molecule has 25 heavy (non-hydrogen) atoms. The number of H-pyrrole nitrogens is 1. The largest absolute Gasteiger partial charge is 0.463 e. The fraction of sp³-hybridized carbons (Fsp3) is 0.263. The highest BCUT2D eigenvalue weighted by Gasteiger charge is 2.24. The first-order valence-corrected chi connectivity index (χ1v) is 9.41. The van der Waals surface area contributed by atoms with E-state index in [-0.39, 0.29) is 5.91 Å². The van der Waals surface area contributed by atoms with Gasteiger partial charge in [0.1, 0.15) is 5.69 Å². The van der Waals surface area contributed by atoms with Crippen molar-refractivity contribution in [1.82, 2.24) is 15.1 Å². The zero-order valence-electron chi connectivity index (χ0n) is 13.7. The standard InChI is InChI=1S/C19H19N3O2S/c23-19(16-13-15(20-21-16)17-7-4-11-24-17)22-9-8-18(25-12-10-22)14-5-2-1-3-6-14/h1-7,11,13,18H,8-10,12H2,(H,20,21). The Hall–Kier alpha value is -2.47.